The van der Waals surface area contributed by atoms with E-state index in [0.717, 1.165) is 56.0 Å². The van der Waals surface area contributed by atoms with Crippen LogP contribution < -0.4 is 5.32 Å². The normalized spacial score (nSPS) is 14.0. The van der Waals surface area contributed by atoms with Crippen molar-refractivity contribution in [3.05, 3.63) is 69.2 Å². The molecule has 3 aromatic heterocycles. The molecule has 4 heterocycles. The molecule has 6 nitrogen and oxygen atoms in total. The Hall–Kier alpha value is -2.51. The Kier molecular flexibility index (Phi) is 6.06. The van der Waals surface area contributed by atoms with Crippen LogP contribution in [0.2, 0.25) is 0 Å². The van der Waals surface area contributed by atoms with Gasteiger partial charge < -0.3 is 9.88 Å². The quantitative estimate of drug-likeness (QED) is 0.652. The van der Waals surface area contributed by atoms with Crippen LogP contribution in [0.4, 0.5) is 0 Å². The van der Waals surface area contributed by atoms with Crippen LogP contribution in [0, 0.1) is 0 Å². The Morgan fingerprint density at radius 2 is 2.21 bits per heavy atom. The summed E-state index contributed by atoms with van der Waals surface area (Å²) in [6, 6.07) is 4.29. The fourth-order valence-electron chi connectivity index (χ4n) is 3.71. The zero-order valence-corrected chi connectivity index (χ0v) is 17.8. The third kappa shape index (κ3) is 4.57. The van der Waals surface area contributed by atoms with Gasteiger partial charge in [-0.1, -0.05) is 13.0 Å². The molecule has 0 unspecified atom stereocenters. The second-order valence-corrected chi connectivity index (χ2v) is 8.45. The third-order valence-corrected chi connectivity index (χ3v) is 6.52. The average molecular weight is 410 g/mol. The van der Waals surface area contributed by atoms with Crippen molar-refractivity contribution in [3.8, 4) is 0 Å². The number of aromatic nitrogens is 3. The molecular weight excluding hydrogens is 382 g/mol. The van der Waals surface area contributed by atoms with Gasteiger partial charge in [0.05, 0.1) is 11.3 Å². The maximum atomic E-state index is 12.7. The van der Waals surface area contributed by atoms with Gasteiger partial charge in [0.1, 0.15) is 5.82 Å². The zero-order valence-electron chi connectivity index (χ0n) is 17.0. The molecule has 1 N–H and O–H groups in total. The van der Waals surface area contributed by atoms with Crippen LogP contribution in [0.25, 0.3) is 0 Å². The second-order valence-electron chi connectivity index (χ2n) is 7.48. The number of aryl methyl sites for hydroxylation is 2. The molecule has 1 amide bonds. The molecule has 0 saturated heterocycles. The third-order valence-electron chi connectivity index (χ3n) is 5.51. The van der Waals surface area contributed by atoms with Crippen molar-refractivity contribution in [2.24, 2.45) is 7.05 Å². The summed E-state index contributed by atoms with van der Waals surface area (Å²) in [6.45, 7) is 5.44. The smallest absolute Gasteiger partial charge is 0.252 e. The number of carbonyl (C=O) groups excluding carboxylic acids is 1. The molecule has 3 aromatic rings. The Bertz CT molecular complexity index is 976. The number of imidazole rings is 1. The number of rotatable bonds is 7. The molecule has 1 aliphatic rings. The summed E-state index contributed by atoms with van der Waals surface area (Å²) in [5, 5.41) is 5.07. The highest BCUT2D eigenvalue weighted by atomic mass is 32.1. The number of thiophene rings is 1. The van der Waals surface area contributed by atoms with Gasteiger partial charge in [-0.2, -0.15) is 0 Å². The lowest BCUT2D eigenvalue weighted by atomic mass is 10.0. The molecule has 152 valence electrons. The number of hydrogen-bond donors (Lipinski definition) is 1. The van der Waals surface area contributed by atoms with E-state index in [1.165, 1.54) is 16.0 Å². The SMILES string of the molecule is CCc1ccc(CN2CCc3c(C(=O)NCCc4nccn4C)csc3C2)nc1. The van der Waals surface area contributed by atoms with Gasteiger partial charge in [0.25, 0.3) is 5.91 Å². The number of amides is 1. The fourth-order valence-corrected chi connectivity index (χ4v) is 4.84. The number of pyridine rings is 1. The van der Waals surface area contributed by atoms with E-state index in [1.54, 1.807) is 17.5 Å². The standard InChI is InChI=1S/C22H27N5OS/c1-3-16-4-5-17(25-12-16)13-27-10-7-18-19(15-29-20(18)14-27)22(28)24-8-6-21-23-9-11-26(21)2/h4-5,9,11-12,15H,3,6-8,10,13-14H2,1-2H3,(H,24,28). The van der Waals surface area contributed by atoms with Gasteiger partial charge in [-0.05, 0) is 30.0 Å². The maximum Gasteiger partial charge on any atom is 0.252 e. The second kappa shape index (κ2) is 8.88. The average Bonchev–Trinajstić information content (AvgIpc) is 3.34. The first kappa shape index (κ1) is 19.8. The maximum absolute atomic E-state index is 12.7. The summed E-state index contributed by atoms with van der Waals surface area (Å²) in [4.78, 5) is 25.3. The van der Waals surface area contributed by atoms with Crippen LogP contribution >= 0.6 is 11.3 Å². The van der Waals surface area contributed by atoms with E-state index in [-0.39, 0.29) is 5.91 Å². The number of fused-ring (bicyclic) bond motifs is 1. The minimum absolute atomic E-state index is 0.0296. The molecule has 0 bridgehead atoms. The number of carbonyl (C=O) groups is 1. The molecule has 4 rings (SSSR count). The summed E-state index contributed by atoms with van der Waals surface area (Å²) < 4.78 is 1.98. The molecule has 0 saturated carbocycles. The fraction of sp³-hybridized carbons (Fsp3) is 0.409. The largest absolute Gasteiger partial charge is 0.352 e. The van der Waals surface area contributed by atoms with Gasteiger partial charge in [-0.3, -0.25) is 14.7 Å². The van der Waals surface area contributed by atoms with E-state index in [4.69, 9.17) is 0 Å². The van der Waals surface area contributed by atoms with Gasteiger partial charge >= 0.3 is 0 Å². The van der Waals surface area contributed by atoms with Crippen molar-refractivity contribution < 1.29 is 4.79 Å². The number of hydrogen-bond acceptors (Lipinski definition) is 5. The summed E-state index contributed by atoms with van der Waals surface area (Å²) in [6.07, 6.45) is 8.34. The Morgan fingerprint density at radius 3 is 2.93 bits per heavy atom. The lowest BCUT2D eigenvalue weighted by Gasteiger charge is -2.27. The van der Waals surface area contributed by atoms with E-state index in [1.807, 2.05) is 29.4 Å². The Labute approximate surface area is 175 Å². The molecule has 0 aliphatic carbocycles. The predicted molar refractivity (Wildman–Crippen MR) is 115 cm³/mol. The van der Waals surface area contributed by atoms with E-state index in [0.29, 0.717) is 6.54 Å². The molecule has 0 fully saturated rings. The highest BCUT2D eigenvalue weighted by molar-refractivity contribution is 7.10. The molecule has 0 radical (unpaired) electrons. The molecule has 0 aromatic carbocycles. The van der Waals surface area contributed by atoms with Crippen LogP contribution in [0.3, 0.4) is 0 Å². The van der Waals surface area contributed by atoms with Gasteiger partial charge in [-0.15, -0.1) is 11.3 Å². The summed E-state index contributed by atoms with van der Waals surface area (Å²) in [5.74, 6) is 1.01. The van der Waals surface area contributed by atoms with E-state index in [2.05, 4.69) is 39.2 Å². The van der Waals surface area contributed by atoms with Gasteiger partial charge in [0, 0.05) is 68.5 Å². The molecule has 1 aliphatic heterocycles. The summed E-state index contributed by atoms with van der Waals surface area (Å²) in [7, 11) is 1.97. The molecule has 7 heteroatoms. The molecule has 0 spiro atoms. The van der Waals surface area contributed by atoms with Gasteiger partial charge in [0.2, 0.25) is 0 Å². The van der Waals surface area contributed by atoms with Crippen molar-refractivity contribution in [1.82, 2.24) is 24.8 Å². The van der Waals surface area contributed by atoms with Crippen molar-refractivity contribution >= 4 is 17.2 Å². The Balaban J connectivity index is 1.33. The monoisotopic (exact) mass is 409 g/mol. The highest BCUT2D eigenvalue weighted by Crippen LogP contribution is 2.29. The zero-order chi connectivity index (χ0) is 20.2. The minimum Gasteiger partial charge on any atom is -0.352 e. The summed E-state index contributed by atoms with van der Waals surface area (Å²) in [5.41, 5.74) is 4.44. The first-order chi connectivity index (χ1) is 14.1. The number of nitrogens with one attached hydrogen (secondary N) is 1. The first-order valence-electron chi connectivity index (χ1n) is 10.1. The topological polar surface area (TPSA) is 63.1 Å². The summed E-state index contributed by atoms with van der Waals surface area (Å²) >= 11 is 1.70. The van der Waals surface area contributed by atoms with Crippen LogP contribution in [0.5, 0.6) is 0 Å². The lowest BCUT2D eigenvalue weighted by Crippen LogP contribution is -2.31. The molecule has 29 heavy (non-hydrogen) atoms. The van der Waals surface area contributed by atoms with Crippen molar-refractivity contribution in [1.29, 1.82) is 0 Å². The number of nitrogens with zero attached hydrogens (tertiary/aromatic N) is 4. The highest BCUT2D eigenvalue weighted by Gasteiger charge is 2.24. The van der Waals surface area contributed by atoms with Gasteiger partial charge in [-0.25, -0.2) is 4.98 Å². The lowest BCUT2D eigenvalue weighted by molar-refractivity contribution is 0.0952. The van der Waals surface area contributed by atoms with Crippen LogP contribution in [-0.2, 0) is 39.4 Å². The van der Waals surface area contributed by atoms with Crippen molar-refractivity contribution in [3.63, 3.8) is 0 Å². The predicted octanol–water partition coefficient (Wildman–Crippen LogP) is 2.97. The first-order valence-corrected chi connectivity index (χ1v) is 11.0. The van der Waals surface area contributed by atoms with Crippen LogP contribution in [-0.4, -0.2) is 38.4 Å². The van der Waals surface area contributed by atoms with E-state index < -0.39 is 0 Å². The van der Waals surface area contributed by atoms with Crippen LogP contribution in [0.1, 0.15) is 44.8 Å². The van der Waals surface area contributed by atoms with Crippen molar-refractivity contribution in [2.45, 2.75) is 39.3 Å². The van der Waals surface area contributed by atoms with Gasteiger partial charge in [0.15, 0.2) is 0 Å². The molecular formula is C22H27N5OS. The van der Waals surface area contributed by atoms with Crippen LogP contribution in [0.15, 0.2) is 36.1 Å². The molecule has 0 atom stereocenters. The van der Waals surface area contributed by atoms with E-state index >= 15 is 0 Å². The van der Waals surface area contributed by atoms with E-state index in [9.17, 15) is 4.79 Å². The minimum atomic E-state index is 0.0296. The van der Waals surface area contributed by atoms with Crippen molar-refractivity contribution in [2.75, 3.05) is 13.1 Å². The Morgan fingerprint density at radius 1 is 1.31 bits per heavy atom.